The second kappa shape index (κ2) is 2.46. The Balaban J connectivity index is 1.73. The zero-order valence-electron chi connectivity index (χ0n) is 7.21. The van der Waals surface area contributed by atoms with Gasteiger partial charge in [0.05, 0.1) is 12.1 Å². The van der Waals surface area contributed by atoms with E-state index in [0.29, 0.717) is 12.1 Å². The van der Waals surface area contributed by atoms with Crippen LogP contribution in [0.15, 0.2) is 4.99 Å². The van der Waals surface area contributed by atoms with Gasteiger partial charge >= 0.3 is 0 Å². The maximum absolute atomic E-state index is 4.72. The van der Waals surface area contributed by atoms with Crippen molar-refractivity contribution in [3.05, 3.63) is 0 Å². The molecule has 1 saturated carbocycles. The molecule has 12 heavy (non-hydrogen) atoms. The van der Waals surface area contributed by atoms with Crippen LogP contribution >= 0.6 is 0 Å². The lowest BCUT2D eigenvalue weighted by atomic mass is 9.84. The van der Waals surface area contributed by atoms with Crippen molar-refractivity contribution in [2.45, 2.75) is 31.3 Å². The molecule has 2 N–H and O–H groups in total. The van der Waals surface area contributed by atoms with Crippen LogP contribution in [0.5, 0.6) is 0 Å². The summed E-state index contributed by atoms with van der Waals surface area (Å²) in [7, 11) is 0. The van der Waals surface area contributed by atoms with E-state index in [1.807, 2.05) is 0 Å². The molecule has 0 aromatic carbocycles. The van der Waals surface area contributed by atoms with E-state index in [9.17, 15) is 0 Å². The zero-order valence-corrected chi connectivity index (χ0v) is 7.21. The molecule has 3 rings (SSSR count). The maximum Gasteiger partial charge on any atom is 0.100 e. The van der Waals surface area contributed by atoms with Crippen molar-refractivity contribution >= 4 is 5.84 Å². The molecule has 2 atom stereocenters. The van der Waals surface area contributed by atoms with Crippen LogP contribution in [0.1, 0.15) is 19.3 Å². The SMILES string of the molecule is C1CC(C2=NC3CNCC3N2)C1. The third-order valence-electron chi connectivity index (χ3n) is 3.31. The van der Waals surface area contributed by atoms with E-state index in [2.05, 4.69) is 10.6 Å². The van der Waals surface area contributed by atoms with Gasteiger partial charge in [0.2, 0.25) is 0 Å². The lowest BCUT2D eigenvalue weighted by Crippen LogP contribution is -2.39. The lowest BCUT2D eigenvalue weighted by Gasteiger charge is -2.26. The zero-order chi connectivity index (χ0) is 7.97. The van der Waals surface area contributed by atoms with Crippen LogP contribution < -0.4 is 10.6 Å². The van der Waals surface area contributed by atoms with Gasteiger partial charge in [-0.1, -0.05) is 6.42 Å². The Bertz CT molecular complexity index is 220. The van der Waals surface area contributed by atoms with Crippen LogP contribution in [-0.4, -0.2) is 31.0 Å². The highest BCUT2D eigenvalue weighted by Gasteiger charge is 2.36. The molecule has 0 spiro atoms. The smallest absolute Gasteiger partial charge is 0.100 e. The van der Waals surface area contributed by atoms with Crippen molar-refractivity contribution in [2.75, 3.05) is 13.1 Å². The monoisotopic (exact) mass is 165 g/mol. The van der Waals surface area contributed by atoms with Gasteiger partial charge in [-0.2, -0.15) is 0 Å². The second-order valence-electron chi connectivity index (χ2n) is 4.12. The van der Waals surface area contributed by atoms with Crippen LogP contribution in [0.25, 0.3) is 0 Å². The number of nitrogens with one attached hydrogen (secondary N) is 2. The van der Waals surface area contributed by atoms with Crippen LogP contribution in [0.2, 0.25) is 0 Å². The van der Waals surface area contributed by atoms with Crippen molar-refractivity contribution < 1.29 is 0 Å². The summed E-state index contributed by atoms with van der Waals surface area (Å²) in [6.07, 6.45) is 4.12. The molecule has 0 bridgehead atoms. The van der Waals surface area contributed by atoms with Gasteiger partial charge in [-0.25, -0.2) is 0 Å². The van der Waals surface area contributed by atoms with Gasteiger partial charge < -0.3 is 10.6 Å². The molecule has 0 aromatic heterocycles. The van der Waals surface area contributed by atoms with Crippen molar-refractivity contribution in [2.24, 2.45) is 10.9 Å². The van der Waals surface area contributed by atoms with Crippen molar-refractivity contribution in [1.29, 1.82) is 0 Å². The third-order valence-corrected chi connectivity index (χ3v) is 3.31. The van der Waals surface area contributed by atoms with Crippen molar-refractivity contribution in [1.82, 2.24) is 10.6 Å². The Morgan fingerprint density at radius 3 is 2.83 bits per heavy atom. The van der Waals surface area contributed by atoms with Gasteiger partial charge in [-0.15, -0.1) is 0 Å². The highest BCUT2D eigenvalue weighted by atomic mass is 15.2. The summed E-state index contributed by atoms with van der Waals surface area (Å²) >= 11 is 0. The molecule has 66 valence electrons. The standard InChI is InChI=1S/C9H15N3/c1-2-6(3-1)9-11-7-4-10-5-8(7)12-9/h6-8,10H,1-5H2,(H,11,12). The number of rotatable bonds is 1. The minimum Gasteiger partial charge on any atom is -0.367 e. The van der Waals surface area contributed by atoms with E-state index in [0.717, 1.165) is 19.0 Å². The van der Waals surface area contributed by atoms with E-state index >= 15 is 0 Å². The molecular weight excluding hydrogens is 150 g/mol. The maximum atomic E-state index is 4.72. The topological polar surface area (TPSA) is 36.4 Å². The molecule has 1 aliphatic carbocycles. The highest BCUT2D eigenvalue weighted by molar-refractivity contribution is 5.87. The normalized spacial score (nSPS) is 40.2. The van der Waals surface area contributed by atoms with Gasteiger partial charge in [0.15, 0.2) is 0 Å². The average molecular weight is 165 g/mol. The van der Waals surface area contributed by atoms with Crippen LogP contribution in [0.3, 0.4) is 0 Å². The number of aliphatic imine (C=N–C) groups is 1. The molecule has 0 radical (unpaired) electrons. The molecule has 2 fully saturated rings. The predicted octanol–water partition coefficient (Wildman–Crippen LogP) is 0.129. The number of hydrogen-bond donors (Lipinski definition) is 2. The first-order valence-corrected chi connectivity index (χ1v) is 4.98. The van der Waals surface area contributed by atoms with Crippen LogP contribution in [-0.2, 0) is 0 Å². The Hall–Kier alpha value is -0.570. The van der Waals surface area contributed by atoms with Gasteiger partial charge in [0.1, 0.15) is 5.84 Å². The Labute approximate surface area is 72.6 Å². The summed E-state index contributed by atoms with van der Waals surface area (Å²) in [5, 5.41) is 6.89. The summed E-state index contributed by atoms with van der Waals surface area (Å²) in [5.74, 6) is 2.10. The van der Waals surface area contributed by atoms with E-state index in [1.54, 1.807) is 0 Å². The first kappa shape index (κ1) is 6.89. The molecule has 0 aromatic rings. The molecule has 3 heteroatoms. The third kappa shape index (κ3) is 0.891. The number of amidine groups is 1. The molecule has 1 saturated heterocycles. The number of fused-ring (bicyclic) bond motifs is 1. The first-order valence-electron chi connectivity index (χ1n) is 4.98. The summed E-state index contributed by atoms with van der Waals surface area (Å²) in [4.78, 5) is 4.72. The van der Waals surface area contributed by atoms with Crippen LogP contribution in [0.4, 0.5) is 0 Å². The minimum atomic E-state index is 0.542. The largest absolute Gasteiger partial charge is 0.367 e. The van der Waals surface area contributed by atoms with E-state index in [1.165, 1.54) is 25.1 Å². The minimum absolute atomic E-state index is 0.542. The van der Waals surface area contributed by atoms with Gasteiger partial charge in [0, 0.05) is 19.0 Å². The second-order valence-corrected chi connectivity index (χ2v) is 4.12. The van der Waals surface area contributed by atoms with E-state index < -0.39 is 0 Å². The molecule has 2 aliphatic heterocycles. The molecular formula is C9H15N3. The highest BCUT2D eigenvalue weighted by Crippen LogP contribution is 2.29. The predicted molar refractivity (Wildman–Crippen MR) is 48.4 cm³/mol. The molecule has 3 aliphatic rings. The lowest BCUT2D eigenvalue weighted by molar-refractivity contribution is 0.405. The van der Waals surface area contributed by atoms with Gasteiger partial charge in [-0.3, -0.25) is 4.99 Å². The number of hydrogen-bond acceptors (Lipinski definition) is 3. The van der Waals surface area contributed by atoms with Crippen molar-refractivity contribution in [3.63, 3.8) is 0 Å². The summed E-state index contributed by atoms with van der Waals surface area (Å²) in [6.45, 7) is 2.18. The fourth-order valence-electron chi connectivity index (χ4n) is 2.26. The molecule has 2 heterocycles. The summed E-state index contributed by atoms with van der Waals surface area (Å²) < 4.78 is 0. The fraction of sp³-hybridized carbons (Fsp3) is 0.889. The van der Waals surface area contributed by atoms with E-state index in [-0.39, 0.29) is 0 Å². The van der Waals surface area contributed by atoms with Gasteiger partial charge in [-0.05, 0) is 12.8 Å². The van der Waals surface area contributed by atoms with Gasteiger partial charge in [0.25, 0.3) is 0 Å². The molecule has 2 unspecified atom stereocenters. The Morgan fingerprint density at radius 2 is 2.17 bits per heavy atom. The Morgan fingerprint density at radius 1 is 1.25 bits per heavy atom. The van der Waals surface area contributed by atoms with E-state index in [4.69, 9.17) is 4.99 Å². The fourth-order valence-corrected chi connectivity index (χ4v) is 2.26. The van der Waals surface area contributed by atoms with Crippen molar-refractivity contribution in [3.8, 4) is 0 Å². The quantitative estimate of drug-likeness (QED) is 0.579. The average Bonchev–Trinajstić information content (AvgIpc) is 2.40. The molecule has 3 nitrogen and oxygen atoms in total. The Kier molecular flexibility index (Phi) is 1.41. The summed E-state index contributed by atoms with van der Waals surface area (Å²) in [6, 6.07) is 1.15. The first-order chi connectivity index (χ1) is 5.93. The molecule has 0 amide bonds. The summed E-state index contributed by atoms with van der Waals surface area (Å²) in [5.41, 5.74) is 0. The number of nitrogens with zero attached hydrogens (tertiary/aromatic N) is 1. The van der Waals surface area contributed by atoms with Crippen LogP contribution in [0, 0.1) is 5.92 Å².